The van der Waals surface area contributed by atoms with Crippen LogP contribution in [0.1, 0.15) is 42.9 Å². The normalized spacial score (nSPS) is 23.1. The average Bonchev–Trinajstić information content (AvgIpc) is 2.44. The van der Waals surface area contributed by atoms with Crippen LogP contribution in [0.25, 0.3) is 0 Å². The van der Waals surface area contributed by atoms with Gasteiger partial charge >= 0.3 is 0 Å². The largest absolute Gasteiger partial charge is 0.307 e. The molecule has 1 N–H and O–H groups in total. The molecule has 1 aliphatic carbocycles. The van der Waals surface area contributed by atoms with Crippen molar-refractivity contribution in [2.75, 3.05) is 0 Å². The molecule has 0 aromatic heterocycles. The summed E-state index contributed by atoms with van der Waals surface area (Å²) in [6, 6.07) is 20.4. The second-order valence-corrected chi connectivity index (χ2v) is 6.54. The van der Waals surface area contributed by atoms with Gasteiger partial charge in [-0.05, 0) is 42.9 Å². The Balaban J connectivity index is 1.55. The van der Waals surface area contributed by atoms with E-state index in [-0.39, 0.29) is 0 Å². The van der Waals surface area contributed by atoms with Crippen LogP contribution in [0.2, 0.25) is 0 Å². The maximum atomic E-state index is 3.74. The molecule has 20 heavy (non-hydrogen) atoms. The van der Waals surface area contributed by atoms with Crippen LogP contribution in [-0.4, -0.2) is 6.04 Å². The zero-order chi connectivity index (χ0) is 13.9. The van der Waals surface area contributed by atoms with Crippen LogP contribution in [-0.2, 0) is 0 Å². The van der Waals surface area contributed by atoms with Crippen molar-refractivity contribution in [3.8, 4) is 0 Å². The molecule has 1 atom stereocenters. The summed E-state index contributed by atoms with van der Waals surface area (Å²) < 4.78 is 1.25. The Hall–Kier alpha value is -1.12. The Morgan fingerprint density at radius 3 is 2.35 bits per heavy atom. The molecule has 1 saturated carbocycles. The molecule has 3 rings (SSSR count). The molecule has 0 amide bonds. The fourth-order valence-electron chi connectivity index (χ4n) is 3.01. The van der Waals surface area contributed by atoms with Crippen molar-refractivity contribution in [2.24, 2.45) is 0 Å². The maximum absolute atomic E-state index is 3.74. The van der Waals surface area contributed by atoms with E-state index in [4.69, 9.17) is 0 Å². The summed E-state index contributed by atoms with van der Waals surface area (Å²) in [6.45, 7) is 2.25. The van der Waals surface area contributed by atoms with E-state index in [1.807, 2.05) is 0 Å². The fraction of sp³-hybridized carbons (Fsp3) is 0.333. The molecule has 104 valence electrons. The highest BCUT2D eigenvalue weighted by molar-refractivity contribution is 9.10. The summed E-state index contributed by atoms with van der Waals surface area (Å²) >= 11 is 3.66. The Bertz CT molecular complexity index is 561. The summed E-state index contributed by atoms with van der Waals surface area (Å²) in [7, 11) is 0. The second kappa shape index (κ2) is 6.11. The van der Waals surface area contributed by atoms with E-state index in [1.54, 1.807) is 0 Å². The van der Waals surface area contributed by atoms with Gasteiger partial charge in [0.15, 0.2) is 0 Å². The highest BCUT2D eigenvalue weighted by Crippen LogP contribution is 2.40. The van der Waals surface area contributed by atoms with Crippen molar-refractivity contribution in [1.82, 2.24) is 5.32 Å². The van der Waals surface area contributed by atoms with Crippen molar-refractivity contribution < 1.29 is 0 Å². The Kier molecular flexibility index (Phi) is 4.23. The van der Waals surface area contributed by atoms with E-state index in [0.29, 0.717) is 18.0 Å². The van der Waals surface area contributed by atoms with E-state index in [0.717, 1.165) is 0 Å². The van der Waals surface area contributed by atoms with Crippen molar-refractivity contribution >= 4 is 15.9 Å². The van der Waals surface area contributed by atoms with E-state index >= 15 is 0 Å². The van der Waals surface area contributed by atoms with Gasteiger partial charge in [-0.15, -0.1) is 0 Å². The van der Waals surface area contributed by atoms with E-state index in [2.05, 4.69) is 82.8 Å². The highest BCUT2D eigenvalue weighted by Gasteiger charge is 2.31. The predicted molar refractivity (Wildman–Crippen MR) is 87.9 cm³/mol. The Labute approximate surface area is 129 Å². The van der Waals surface area contributed by atoms with Gasteiger partial charge in [-0.1, -0.05) is 64.5 Å². The van der Waals surface area contributed by atoms with Gasteiger partial charge in [-0.2, -0.15) is 0 Å². The van der Waals surface area contributed by atoms with Crippen LogP contribution in [0.3, 0.4) is 0 Å². The third-order valence-corrected chi connectivity index (χ3v) is 4.99. The van der Waals surface area contributed by atoms with Gasteiger partial charge in [0, 0.05) is 16.6 Å². The quantitative estimate of drug-likeness (QED) is 0.827. The van der Waals surface area contributed by atoms with E-state index < -0.39 is 0 Å². The lowest BCUT2D eigenvalue weighted by atomic mass is 9.75. The maximum Gasteiger partial charge on any atom is 0.0294 e. The summed E-state index contributed by atoms with van der Waals surface area (Å²) in [5.74, 6) is 0.700. The van der Waals surface area contributed by atoms with Crippen LogP contribution >= 0.6 is 15.9 Å². The molecule has 1 fully saturated rings. The van der Waals surface area contributed by atoms with E-state index in [1.165, 1.54) is 28.4 Å². The van der Waals surface area contributed by atoms with Crippen molar-refractivity contribution in [2.45, 2.75) is 37.8 Å². The molecule has 0 bridgehead atoms. The van der Waals surface area contributed by atoms with Gasteiger partial charge in [0.1, 0.15) is 0 Å². The topological polar surface area (TPSA) is 12.0 Å². The van der Waals surface area contributed by atoms with Gasteiger partial charge in [-0.3, -0.25) is 0 Å². The summed E-state index contributed by atoms with van der Waals surface area (Å²) in [5.41, 5.74) is 2.83. The monoisotopic (exact) mass is 329 g/mol. The van der Waals surface area contributed by atoms with Crippen LogP contribution in [0, 0.1) is 0 Å². The zero-order valence-corrected chi connectivity index (χ0v) is 13.3. The molecule has 0 radical (unpaired) electrons. The van der Waals surface area contributed by atoms with Crippen LogP contribution < -0.4 is 5.32 Å². The first-order chi connectivity index (χ1) is 9.74. The minimum atomic E-state index is 0.432. The highest BCUT2D eigenvalue weighted by atomic mass is 79.9. The van der Waals surface area contributed by atoms with Crippen LogP contribution in [0.15, 0.2) is 59.1 Å². The van der Waals surface area contributed by atoms with Gasteiger partial charge in [0.25, 0.3) is 0 Å². The molecule has 2 aromatic carbocycles. The summed E-state index contributed by atoms with van der Waals surface area (Å²) in [4.78, 5) is 0. The first kappa shape index (κ1) is 13.8. The minimum Gasteiger partial charge on any atom is -0.307 e. The first-order valence-corrected chi connectivity index (χ1v) is 8.09. The molecule has 0 unspecified atom stereocenters. The average molecular weight is 330 g/mol. The SMILES string of the molecule is C[C@H](NC1CC(c2ccccc2Br)C1)c1ccccc1. The molecule has 1 aliphatic rings. The Morgan fingerprint density at radius 2 is 1.65 bits per heavy atom. The number of benzene rings is 2. The zero-order valence-electron chi connectivity index (χ0n) is 11.7. The summed E-state index contributed by atoms with van der Waals surface area (Å²) in [6.07, 6.45) is 2.47. The molecule has 2 aromatic rings. The number of hydrogen-bond donors (Lipinski definition) is 1. The van der Waals surface area contributed by atoms with Crippen LogP contribution in [0.5, 0.6) is 0 Å². The number of nitrogens with one attached hydrogen (secondary N) is 1. The fourth-order valence-corrected chi connectivity index (χ4v) is 3.61. The molecule has 0 saturated heterocycles. The lowest BCUT2D eigenvalue weighted by Crippen LogP contribution is -2.41. The minimum absolute atomic E-state index is 0.432. The number of rotatable bonds is 4. The molecule has 2 heteroatoms. The lowest BCUT2D eigenvalue weighted by Gasteiger charge is -2.38. The van der Waals surface area contributed by atoms with Gasteiger partial charge < -0.3 is 5.32 Å². The van der Waals surface area contributed by atoms with Crippen molar-refractivity contribution in [3.05, 3.63) is 70.2 Å². The predicted octanol–water partition coefficient (Wildman–Crippen LogP) is 5.05. The number of hydrogen-bond acceptors (Lipinski definition) is 1. The van der Waals surface area contributed by atoms with E-state index in [9.17, 15) is 0 Å². The molecule has 1 nitrogen and oxygen atoms in total. The Morgan fingerprint density at radius 1 is 1.00 bits per heavy atom. The second-order valence-electron chi connectivity index (χ2n) is 5.69. The van der Waals surface area contributed by atoms with Crippen molar-refractivity contribution in [3.63, 3.8) is 0 Å². The van der Waals surface area contributed by atoms with Gasteiger partial charge in [0.05, 0.1) is 0 Å². The molecular formula is C18H20BrN. The third-order valence-electron chi connectivity index (χ3n) is 4.27. The van der Waals surface area contributed by atoms with Crippen molar-refractivity contribution in [1.29, 1.82) is 0 Å². The third kappa shape index (κ3) is 2.97. The smallest absolute Gasteiger partial charge is 0.0294 e. The van der Waals surface area contributed by atoms with Gasteiger partial charge in [0.2, 0.25) is 0 Å². The van der Waals surface area contributed by atoms with Crippen LogP contribution in [0.4, 0.5) is 0 Å². The van der Waals surface area contributed by atoms with Gasteiger partial charge in [-0.25, -0.2) is 0 Å². The first-order valence-electron chi connectivity index (χ1n) is 7.29. The number of halogens is 1. The summed E-state index contributed by atoms with van der Waals surface area (Å²) in [5, 5.41) is 3.74. The standard InChI is InChI=1S/C18H20BrN/c1-13(14-7-3-2-4-8-14)20-16-11-15(12-16)17-9-5-6-10-18(17)19/h2-10,13,15-16,20H,11-12H2,1H3/t13-,15?,16?/m0/s1. The lowest BCUT2D eigenvalue weighted by molar-refractivity contribution is 0.270. The molecule has 0 aliphatic heterocycles. The molecule has 0 spiro atoms. The molecular weight excluding hydrogens is 310 g/mol. The molecule has 0 heterocycles.